The Hall–Kier alpha value is -3.42. The number of fused-ring (bicyclic) bond motifs is 1. The van der Waals surface area contributed by atoms with Crippen molar-refractivity contribution < 1.29 is 36.6 Å². The van der Waals surface area contributed by atoms with Crippen LogP contribution in [0.5, 0.6) is 5.75 Å². The van der Waals surface area contributed by atoms with Gasteiger partial charge in [0.25, 0.3) is 11.8 Å². The van der Waals surface area contributed by atoms with Crippen LogP contribution in [0.2, 0.25) is 0 Å². The molecule has 38 heavy (non-hydrogen) atoms. The number of hydrogen-bond acceptors (Lipinski definition) is 7. The molecule has 206 valence electrons. The second-order valence-electron chi connectivity index (χ2n) is 9.93. The number of rotatable bonds is 6. The largest absolute Gasteiger partial charge is 0.444 e. The summed E-state index contributed by atoms with van der Waals surface area (Å²) in [5, 5.41) is 9.02. The molecular formula is C24H27F4N5O4S. The number of carbonyl (C=O) groups is 2. The van der Waals surface area contributed by atoms with Crippen LogP contribution in [0.4, 0.5) is 22.4 Å². The average molecular weight is 558 g/mol. The highest BCUT2D eigenvalue weighted by Crippen LogP contribution is 2.36. The molecular weight excluding hydrogens is 530 g/mol. The molecule has 2 N–H and O–H groups in total. The Morgan fingerprint density at radius 2 is 1.95 bits per heavy atom. The molecule has 9 nitrogen and oxygen atoms in total. The van der Waals surface area contributed by atoms with Crippen LogP contribution in [0.1, 0.15) is 54.6 Å². The lowest BCUT2D eigenvalue weighted by molar-refractivity contribution is -0.0723. The molecule has 0 saturated heterocycles. The molecule has 2 atom stereocenters. The number of amides is 2. The lowest BCUT2D eigenvalue weighted by atomic mass is 9.86. The Balaban J connectivity index is 1.55. The van der Waals surface area contributed by atoms with Gasteiger partial charge < -0.3 is 20.1 Å². The van der Waals surface area contributed by atoms with Gasteiger partial charge in [-0.3, -0.25) is 4.79 Å². The molecule has 0 radical (unpaired) electrons. The van der Waals surface area contributed by atoms with Crippen molar-refractivity contribution in [3.8, 4) is 16.9 Å². The van der Waals surface area contributed by atoms with E-state index < -0.39 is 48.6 Å². The maximum absolute atomic E-state index is 14.9. The van der Waals surface area contributed by atoms with Gasteiger partial charge in [-0.2, -0.15) is 13.9 Å². The zero-order valence-corrected chi connectivity index (χ0v) is 21.9. The molecule has 3 aromatic rings. The van der Waals surface area contributed by atoms with E-state index >= 15 is 0 Å². The van der Waals surface area contributed by atoms with Crippen LogP contribution >= 0.6 is 11.3 Å². The standard InChI is InChI=1S/C24H27F4N5O4S/c1-12-14(15-10-30-33-11-13(36-21(25)26)9-29-19(15)33)8-17(38-12)20(34)32-18-16(6-5-7-24(18,27)28)31-22(35)37-23(2,3)4/h8-11,16,18,21H,5-7H2,1-4H3,(H,31,35)(H,32,34)/t16-,18-/m1/s1. The van der Waals surface area contributed by atoms with Crippen molar-refractivity contribution in [3.63, 3.8) is 0 Å². The average Bonchev–Trinajstić information content (AvgIpc) is 3.37. The number of halogens is 4. The van der Waals surface area contributed by atoms with E-state index in [-0.39, 0.29) is 23.5 Å². The van der Waals surface area contributed by atoms with Crippen LogP contribution in [0.3, 0.4) is 0 Å². The first-order chi connectivity index (χ1) is 17.7. The molecule has 2 amide bonds. The number of alkyl halides is 4. The highest BCUT2D eigenvalue weighted by atomic mass is 32.1. The predicted octanol–water partition coefficient (Wildman–Crippen LogP) is 5.18. The lowest BCUT2D eigenvalue weighted by Gasteiger charge is -2.38. The summed E-state index contributed by atoms with van der Waals surface area (Å²) in [6, 6.07) is -1.12. The van der Waals surface area contributed by atoms with E-state index in [0.717, 1.165) is 17.5 Å². The van der Waals surface area contributed by atoms with Crippen molar-refractivity contribution in [1.29, 1.82) is 0 Å². The number of thiophene rings is 1. The van der Waals surface area contributed by atoms with Crippen molar-refractivity contribution in [2.75, 3.05) is 0 Å². The van der Waals surface area contributed by atoms with Crippen LogP contribution in [-0.4, -0.2) is 56.8 Å². The molecule has 1 aliphatic rings. The lowest BCUT2D eigenvalue weighted by Crippen LogP contribution is -2.62. The summed E-state index contributed by atoms with van der Waals surface area (Å²) in [4.78, 5) is 30.4. The Morgan fingerprint density at radius 3 is 2.63 bits per heavy atom. The minimum Gasteiger partial charge on any atom is -0.444 e. The van der Waals surface area contributed by atoms with E-state index in [1.54, 1.807) is 27.7 Å². The fourth-order valence-corrected chi connectivity index (χ4v) is 5.22. The molecule has 14 heteroatoms. The van der Waals surface area contributed by atoms with Gasteiger partial charge in [0.2, 0.25) is 0 Å². The van der Waals surface area contributed by atoms with Gasteiger partial charge in [-0.1, -0.05) is 0 Å². The number of nitrogens with zero attached hydrogens (tertiary/aromatic N) is 3. The molecule has 1 saturated carbocycles. The van der Waals surface area contributed by atoms with Crippen molar-refractivity contribution in [2.45, 2.75) is 77.2 Å². The molecule has 0 aromatic carbocycles. The van der Waals surface area contributed by atoms with Gasteiger partial charge in [0, 0.05) is 22.4 Å². The Morgan fingerprint density at radius 1 is 1.21 bits per heavy atom. The van der Waals surface area contributed by atoms with Gasteiger partial charge in [0.05, 0.1) is 29.5 Å². The quantitative estimate of drug-likeness (QED) is 0.405. The van der Waals surface area contributed by atoms with Crippen molar-refractivity contribution in [1.82, 2.24) is 25.2 Å². The van der Waals surface area contributed by atoms with Gasteiger partial charge in [-0.25, -0.2) is 23.1 Å². The third-order valence-electron chi connectivity index (χ3n) is 5.86. The first-order valence-corrected chi connectivity index (χ1v) is 12.6. The SMILES string of the molecule is Cc1sc(C(=O)N[C@@H]2[C@H](NC(=O)OC(C)(C)C)CCCC2(F)F)cc1-c1cnn2cc(OC(F)F)cnc12. The van der Waals surface area contributed by atoms with Gasteiger partial charge in [0.15, 0.2) is 11.4 Å². The molecule has 0 bridgehead atoms. The molecule has 0 spiro atoms. The fraction of sp³-hybridized carbons (Fsp3) is 0.500. The van der Waals surface area contributed by atoms with Crippen molar-refractivity contribution in [2.24, 2.45) is 0 Å². The molecule has 0 aliphatic heterocycles. The maximum Gasteiger partial charge on any atom is 0.407 e. The summed E-state index contributed by atoms with van der Waals surface area (Å²) in [7, 11) is 0. The fourth-order valence-electron chi connectivity index (χ4n) is 4.28. The zero-order chi connectivity index (χ0) is 27.8. The van der Waals surface area contributed by atoms with E-state index in [1.165, 1.54) is 23.0 Å². The van der Waals surface area contributed by atoms with Crippen LogP contribution in [0, 0.1) is 6.92 Å². The monoisotopic (exact) mass is 557 g/mol. The molecule has 3 heterocycles. The van der Waals surface area contributed by atoms with E-state index in [4.69, 9.17) is 4.74 Å². The molecule has 1 fully saturated rings. The van der Waals surface area contributed by atoms with E-state index in [0.29, 0.717) is 21.7 Å². The van der Waals surface area contributed by atoms with Gasteiger partial charge in [0.1, 0.15) is 11.6 Å². The van der Waals surface area contributed by atoms with Gasteiger partial charge >= 0.3 is 12.7 Å². The number of hydrogen-bond donors (Lipinski definition) is 2. The third-order valence-corrected chi connectivity index (χ3v) is 6.91. The molecule has 1 aliphatic carbocycles. The topological polar surface area (TPSA) is 107 Å². The van der Waals surface area contributed by atoms with Gasteiger partial charge in [-0.05, 0) is 46.6 Å². The summed E-state index contributed by atoms with van der Waals surface area (Å²) >= 11 is 1.09. The number of aromatic nitrogens is 3. The van der Waals surface area contributed by atoms with Crippen molar-refractivity contribution >= 4 is 29.0 Å². The van der Waals surface area contributed by atoms with Gasteiger partial charge in [-0.15, -0.1) is 11.3 Å². The summed E-state index contributed by atoms with van der Waals surface area (Å²) in [6.45, 7) is 3.71. The van der Waals surface area contributed by atoms with Crippen molar-refractivity contribution in [3.05, 3.63) is 34.4 Å². The molecule has 4 rings (SSSR count). The van der Waals surface area contributed by atoms with Crippen LogP contribution in [-0.2, 0) is 4.74 Å². The Bertz CT molecular complexity index is 1340. The summed E-state index contributed by atoms with van der Waals surface area (Å²) in [5.41, 5.74) is 0.632. The summed E-state index contributed by atoms with van der Waals surface area (Å²) in [5.74, 6) is -4.14. The molecule has 0 unspecified atom stereocenters. The summed E-state index contributed by atoms with van der Waals surface area (Å²) in [6.07, 6.45) is 3.00. The number of alkyl carbamates (subject to hydrolysis) is 1. The first-order valence-electron chi connectivity index (χ1n) is 11.8. The van der Waals surface area contributed by atoms with Crippen LogP contribution in [0.15, 0.2) is 24.7 Å². The smallest absolute Gasteiger partial charge is 0.407 e. The number of aryl methyl sites for hydroxylation is 1. The minimum absolute atomic E-state index is 0.173. The van der Waals surface area contributed by atoms with Crippen LogP contribution < -0.4 is 15.4 Å². The minimum atomic E-state index is -3.24. The number of ether oxygens (including phenoxy) is 2. The summed E-state index contributed by atoms with van der Waals surface area (Å²) < 4.78 is 65.6. The van der Waals surface area contributed by atoms with Crippen LogP contribution in [0.25, 0.3) is 16.8 Å². The predicted molar refractivity (Wildman–Crippen MR) is 131 cm³/mol. The Labute approximate surface area is 219 Å². The molecule has 3 aromatic heterocycles. The highest BCUT2D eigenvalue weighted by molar-refractivity contribution is 7.14. The third kappa shape index (κ3) is 6.17. The highest BCUT2D eigenvalue weighted by Gasteiger charge is 2.48. The number of carbonyl (C=O) groups excluding carboxylic acids is 2. The zero-order valence-electron chi connectivity index (χ0n) is 21.1. The van der Waals surface area contributed by atoms with E-state index in [2.05, 4.69) is 25.5 Å². The second-order valence-corrected chi connectivity index (χ2v) is 11.2. The normalized spacial score (nSPS) is 19.4. The van der Waals surface area contributed by atoms with E-state index in [9.17, 15) is 27.2 Å². The Kier molecular flexibility index (Phi) is 7.55. The van der Waals surface area contributed by atoms with E-state index in [1.807, 2.05) is 0 Å². The maximum atomic E-state index is 14.9. The first kappa shape index (κ1) is 27.6. The second kappa shape index (κ2) is 10.4. The number of nitrogens with one attached hydrogen (secondary N) is 2.